The summed E-state index contributed by atoms with van der Waals surface area (Å²) in [6.07, 6.45) is 6.79. The van der Waals surface area contributed by atoms with E-state index in [0.29, 0.717) is 5.69 Å². The standard InChI is InChI=1S/C16H21N3O3S/c20-16(18-8-3-1-4-9-18)7-11-23(21,22)13-14-12-19-10-5-2-6-15(19)17-14/h2,5-6,10,12H,1,3-4,7-9,11,13H2. The second kappa shape index (κ2) is 6.70. The van der Waals surface area contributed by atoms with Gasteiger partial charge < -0.3 is 9.30 Å². The summed E-state index contributed by atoms with van der Waals surface area (Å²) in [6, 6.07) is 5.55. The summed E-state index contributed by atoms with van der Waals surface area (Å²) in [5.41, 5.74) is 1.24. The molecule has 1 amide bonds. The van der Waals surface area contributed by atoms with E-state index in [9.17, 15) is 13.2 Å². The highest BCUT2D eigenvalue weighted by Crippen LogP contribution is 2.12. The summed E-state index contributed by atoms with van der Waals surface area (Å²) in [4.78, 5) is 18.2. The Morgan fingerprint density at radius 1 is 1.17 bits per heavy atom. The van der Waals surface area contributed by atoms with E-state index < -0.39 is 9.84 Å². The minimum Gasteiger partial charge on any atom is -0.343 e. The Hall–Kier alpha value is -1.89. The van der Waals surface area contributed by atoms with Gasteiger partial charge in [0.2, 0.25) is 5.91 Å². The molecule has 7 heteroatoms. The van der Waals surface area contributed by atoms with E-state index >= 15 is 0 Å². The lowest BCUT2D eigenvalue weighted by molar-refractivity contribution is -0.131. The second-order valence-electron chi connectivity index (χ2n) is 5.98. The van der Waals surface area contributed by atoms with Crippen LogP contribution in [0.15, 0.2) is 30.6 Å². The molecule has 6 nitrogen and oxygen atoms in total. The first-order valence-electron chi connectivity index (χ1n) is 7.94. The molecule has 1 saturated heterocycles. The van der Waals surface area contributed by atoms with Crippen LogP contribution >= 0.6 is 0 Å². The van der Waals surface area contributed by atoms with E-state index in [4.69, 9.17) is 0 Å². The molecule has 0 atom stereocenters. The first-order valence-corrected chi connectivity index (χ1v) is 9.76. The molecule has 1 fully saturated rings. The maximum absolute atomic E-state index is 12.2. The summed E-state index contributed by atoms with van der Waals surface area (Å²) < 4.78 is 26.3. The Balaban J connectivity index is 1.59. The maximum Gasteiger partial charge on any atom is 0.223 e. The second-order valence-corrected chi connectivity index (χ2v) is 8.17. The molecule has 0 N–H and O–H groups in total. The van der Waals surface area contributed by atoms with Crippen LogP contribution in [0.5, 0.6) is 0 Å². The van der Waals surface area contributed by atoms with Crippen molar-refractivity contribution in [3.8, 4) is 0 Å². The molecule has 0 unspecified atom stereocenters. The fourth-order valence-electron chi connectivity index (χ4n) is 2.90. The molecule has 0 saturated carbocycles. The zero-order chi connectivity index (χ0) is 16.3. The zero-order valence-electron chi connectivity index (χ0n) is 13.0. The number of hydrogen-bond donors (Lipinski definition) is 0. The van der Waals surface area contributed by atoms with E-state index in [2.05, 4.69) is 4.98 Å². The molecule has 1 aliphatic rings. The number of hydrogen-bond acceptors (Lipinski definition) is 4. The number of likely N-dealkylation sites (tertiary alicyclic amines) is 1. The fourth-order valence-corrected chi connectivity index (χ4v) is 4.12. The molecule has 124 valence electrons. The molecule has 3 heterocycles. The van der Waals surface area contributed by atoms with Crippen LogP contribution in [0, 0.1) is 0 Å². The van der Waals surface area contributed by atoms with Crippen molar-refractivity contribution in [2.75, 3.05) is 18.8 Å². The van der Waals surface area contributed by atoms with Gasteiger partial charge in [-0.15, -0.1) is 0 Å². The number of piperidine rings is 1. The van der Waals surface area contributed by atoms with Gasteiger partial charge in [0.1, 0.15) is 5.65 Å². The Labute approximate surface area is 136 Å². The molecular weight excluding hydrogens is 314 g/mol. The topological polar surface area (TPSA) is 71.8 Å². The Morgan fingerprint density at radius 2 is 1.96 bits per heavy atom. The number of rotatable bonds is 5. The van der Waals surface area contributed by atoms with Crippen molar-refractivity contribution in [1.82, 2.24) is 14.3 Å². The normalized spacial score (nSPS) is 15.9. The van der Waals surface area contributed by atoms with Crippen LogP contribution in [0.1, 0.15) is 31.4 Å². The quantitative estimate of drug-likeness (QED) is 0.833. The van der Waals surface area contributed by atoms with Gasteiger partial charge in [0.25, 0.3) is 0 Å². The molecule has 2 aromatic heterocycles. The SMILES string of the molecule is O=C(CCS(=O)(=O)Cc1cn2ccccc2n1)N1CCCCC1. The molecular formula is C16H21N3O3S. The average molecular weight is 335 g/mol. The summed E-state index contributed by atoms with van der Waals surface area (Å²) in [5, 5.41) is 0. The van der Waals surface area contributed by atoms with Crippen LogP contribution in [0.2, 0.25) is 0 Å². The molecule has 0 aromatic carbocycles. The average Bonchev–Trinajstić information content (AvgIpc) is 2.95. The molecule has 0 bridgehead atoms. The van der Waals surface area contributed by atoms with Crippen molar-refractivity contribution in [3.05, 3.63) is 36.3 Å². The molecule has 0 radical (unpaired) electrons. The smallest absolute Gasteiger partial charge is 0.223 e. The highest BCUT2D eigenvalue weighted by molar-refractivity contribution is 7.90. The third-order valence-corrected chi connectivity index (χ3v) is 5.68. The van der Waals surface area contributed by atoms with Crippen LogP contribution < -0.4 is 0 Å². The Morgan fingerprint density at radius 3 is 2.70 bits per heavy atom. The number of aromatic nitrogens is 2. The first kappa shape index (κ1) is 16.0. The van der Waals surface area contributed by atoms with Crippen LogP contribution in [-0.2, 0) is 20.4 Å². The lowest BCUT2D eigenvalue weighted by Crippen LogP contribution is -2.36. The number of pyridine rings is 1. The van der Waals surface area contributed by atoms with Gasteiger partial charge in [-0.05, 0) is 31.4 Å². The maximum atomic E-state index is 12.2. The number of amides is 1. The molecule has 0 spiro atoms. The van der Waals surface area contributed by atoms with Gasteiger partial charge in [-0.3, -0.25) is 4.79 Å². The van der Waals surface area contributed by atoms with E-state index in [-0.39, 0.29) is 23.8 Å². The number of carbonyl (C=O) groups is 1. The first-order chi connectivity index (χ1) is 11.0. The van der Waals surface area contributed by atoms with Gasteiger partial charge >= 0.3 is 0 Å². The van der Waals surface area contributed by atoms with Crippen molar-refractivity contribution in [2.45, 2.75) is 31.4 Å². The van der Waals surface area contributed by atoms with E-state index in [1.807, 2.05) is 24.4 Å². The number of nitrogens with zero attached hydrogens (tertiary/aromatic N) is 3. The summed E-state index contributed by atoms with van der Waals surface area (Å²) in [7, 11) is -3.34. The van der Waals surface area contributed by atoms with Gasteiger partial charge in [0, 0.05) is 31.9 Å². The van der Waals surface area contributed by atoms with Gasteiger partial charge in [-0.1, -0.05) is 6.07 Å². The third kappa shape index (κ3) is 4.10. The van der Waals surface area contributed by atoms with Crippen molar-refractivity contribution in [3.63, 3.8) is 0 Å². The predicted molar refractivity (Wildman–Crippen MR) is 87.7 cm³/mol. The third-order valence-electron chi connectivity index (χ3n) is 4.12. The summed E-state index contributed by atoms with van der Waals surface area (Å²) in [6.45, 7) is 1.51. The van der Waals surface area contributed by atoms with Crippen LogP contribution in [0.3, 0.4) is 0 Å². The molecule has 2 aromatic rings. The van der Waals surface area contributed by atoms with Crippen molar-refractivity contribution in [2.24, 2.45) is 0 Å². The van der Waals surface area contributed by atoms with Crippen molar-refractivity contribution < 1.29 is 13.2 Å². The van der Waals surface area contributed by atoms with E-state index in [1.165, 1.54) is 0 Å². The van der Waals surface area contributed by atoms with Crippen LogP contribution in [-0.4, -0.2) is 47.5 Å². The molecule has 3 rings (SSSR count). The number of carbonyl (C=O) groups excluding carboxylic acids is 1. The minimum atomic E-state index is -3.34. The lowest BCUT2D eigenvalue weighted by atomic mass is 10.1. The highest BCUT2D eigenvalue weighted by Gasteiger charge is 2.20. The van der Waals surface area contributed by atoms with E-state index in [1.54, 1.807) is 15.5 Å². The number of imidazole rings is 1. The number of fused-ring (bicyclic) bond motifs is 1. The van der Waals surface area contributed by atoms with Gasteiger partial charge in [0.15, 0.2) is 9.84 Å². The van der Waals surface area contributed by atoms with Crippen LogP contribution in [0.4, 0.5) is 0 Å². The lowest BCUT2D eigenvalue weighted by Gasteiger charge is -2.26. The highest BCUT2D eigenvalue weighted by atomic mass is 32.2. The molecule has 0 aliphatic carbocycles. The predicted octanol–water partition coefficient (Wildman–Crippen LogP) is 1.65. The largest absolute Gasteiger partial charge is 0.343 e. The number of sulfone groups is 1. The van der Waals surface area contributed by atoms with Gasteiger partial charge in [-0.2, -0.15) is 0 Å². The summed E-state index contributed by atoms with van der Waals surface area (Å²) >= 11 is 0. The minimum absolute atomic E-state index is 0.0525. The van der Waals surface area contributed by atoms with Crippen molar-refractivity contribution >= 4 is 21.4 Å². The Kier molecular flexibility index (Phi) is 4.66. The van der Waals surface area contributed by atoms with E-state index in [0.717, 1.165) is 38.0 Å². The molecule has 23 heavy (non-hydrogen) atoms. The zero-order valence-corrected chi connectivity index (χ0v) is 13.8. The monoisotopic (exact) mass is 335 g/mol. The van der Waals surface area contributed by atoms with Crippen LogP contribution in [0.25, 0.3) is 5.65 Å². The fraction of sp³-hybridized carbons (Fsp3) is 0.500. The van der Waals surface area contributed by atoms with Gasteiger partial charge in [-0.25, -0.2) is 13.4 Å². The molecule has 1 aliphatic heterocycles. The van der Waals surface area contributed by atoms with Crippen molar-refractivity contribution in [1.29, 1.82) is 0 Å². The Bertz CT molecular complexity index is 759. The summed E-state index contributed by atoms with van der Waals surface area (Å²) in [5.74, 6) is -0.290. The van der Waals surface area contributed by atoms with Gasteiger partial charge in [0.05, 0.1) is 17.2 Å².